The van der Waals surface area contributed by atoms with E-state index in [0.29, 0.717) is 29.0 Å². The minimum Gasteiger partial charge on any atom is -0.425 e. The van der Waals surface area contributed by atoms with E-state index in [9.17, 15) is 0 Å². The molecule has 1 fully saturated rings. The van der Waals surface area contributed by atoms with Crippen LogP contribution in [-0.4, -0.2) is 0 Å². The minimum atomic E-state index is -3.53. The van der Waals surface area contributed by atoms with E-state index in [1.165, 1.54) is 64.2 Å². The number of rotatable bonds is 14. The molecule has 0 atom stereocenters. The van der Waals surface area contributed by atoms with Crippen LogP contribution >= 0.6 is 0 Å². The Bertz CT molecular complexity index is 1020. The van der Waals surface area contributed by atoms with Crippen LogP contribution in [0.1, 0.15) is 139 Å². The molecule has 2 aromatic carbocycles. The molecule has 2 aromatic rings. The standard InChI is InChI=1S/C34H47F3O/c1-3-5-7-9-11-12-14-25-16-18-26(19-17-25)28-21-22-29-30-23-20-27(15-13-10-8-6-4-2)32(35)33(30)38-34(36,37)31(29)24-28/h20-26H,3-19H2,1-2H3. The Hall–Kier alpha value is -1.97. The number of alkyl halides is 2. The van der Waals surface area contributed by atoms with Crippen LogP contribution in [0.25, 0.3) is 11.1 Å². The van der Waals surface area contributed by atoms with Crippen molar-refractivity contribution in [1.82, 2.24) is 0 Å². The van der Waals surface area contributed by atoms with E-state index in [-0.39, 0.29) is 11.3 Å². The summed E-state index contributed by atoms with van der Waals surface area (Å²) < 4.78 is 50.9. The maximum absolute atomic E-state index is 15.3. The summed E-state index contributed by atoms with van der Waals surface area (Å²) in [5.74, 6) is 0.160. The fraction of sp³-hybridized carbons (Fsp3) is 0.647. The van der Waals surface area contributed by atoms with E-state index in [1.54, 1.807) is 24.3 Å². The van der Waals surface area contributed by atoms with Gasteiger partial charge in [-0.2, -0.15) is 8.78 Å². The zero-order valence-corrected chi connectivity index (χ0v) is 23.6. The largest absolute Gasteiger partial charge is 0.427 e. The summed E-state index contributed by atoms with van der Waals surface area (Å²) in [4.78, 5) is 0. The van der Waals surface area contributed by atoms with Crippen molar-refractivity contribution in [2.24, 2.45) is 5.92 Å². The second-order valence-electron chi connectivity index (χ2n) is 11.8. The molecule has 0 bridgehead atoms. The quantitative estimate of drug-likeness (QED) is 0.222. The van der Waals surface area contributed by atoms with Crippen molar-refractivity contribution in [2.75, 3.05) is 0 Å². The Kier molecular flexibility index (Phi) is 10.6. The monoisotopic (exact) mass is 528 g/mol. The van der Waals surface area contributed by atoms with Crippen LogP contribution in [0.3, 0.4) is 0 Å². The maximum atomic E-state index is 15.3. The first-order valence-corrected chi connectivity index (χ1v) is 15.5. The molecule has 1 aliphatic carbocycles. The number of fused-ring (bicyclic) bond motifs is 3. The van der Waals surface area contributed by atoms with E-state index < -0.39 is 11.9 Å². The Morgan fingerprint density at radius 2 is 1.39 bits per heavy atom. The van der Waals surface area contributed by atoms with Gasteiger partial charge in [0.15, 0.2) is 11.6 Å². The van der Waals surface area contributed by atoms with Gasteiger partial charge in [-0.3, -0.25) is 0 Å². The van der Waals surface area contributed by atoms with E-state index in [2.05, 4.69) is 13.8 Å². The summed E-state index contributed by atoms with van der Waals surface area (Å²) in [7, 11) is 0. The molecule has 0 amide bonds. The van der Waals surface area contributed by atoms with Crippen molar-refractivity contribution < 1.29 is 17.9 Å². The molecule has 0 radical (unpaired) electrons. The van der Waals surface area contributed by atoms with Crippen molar-refractivity contribution in [3.63, 3.8) is 0 Å². The van der Waals surface area contributed by atoms with Gasteiger partial charge in [0.05, 0.1) is 5.56 Å². The molecule has 0 unspecified atom stereocenters. The van der Waals surface area contributed by atoms with Crippen molar-refractivity contribution in [3.05, 3.63) is 52.8 Å². The fourth-order valence-electron chi connectivity index (χ4n) is 6.49. The van der Waals surface area contributed by atoms with Crippen LogP contribution in [0, 0.1) is 11.7 Å². The second kappa shape index (κ2) is 13.9. The smallest absolute Gasteiger partial charge is 0.425 e. The summed E-state index contributed by atoms with van der Waals surface area (Å²) in [6.45, 7) is 4.41. The average Bonchev–Trinajstić information content (AvgIpc) is 2.92. The third kappa shape index (κ3) is 7.16. The van der Waals surface area contributed by atoms with Crippen molar-refractivity contribution in [1.29, 1.82) is 0 Å². The highest BCUT2D eigenvalue weighted by Gasteiger charge is 2.44. The van der Waals surface area contributed by atoms with Crippen LogP contribution in [-0.2, 0) is 12.5 Å². The highest BCUT2D eigenvalue weighted by molar-refractivity contribution is 5.77. The summed E-state index contributed by atoms with van der Waals surface area (Å²) in [5.41, 5.74) is 2.15. The summed E-state index contributed by atoms with van der Waals surface area (Å²) >= 11 is 0. The highest BCUT2D eigenvalue weighted by atomic mass is 19.3. The number of unbranched alkanes of at least 4 members (excludes halogenated alkanes) is 9. The lowest BCUT2D eigenvalue weighted by Crippen LogP contribution is -2.28. The Morgan fingerprint density at radius 3 is 2.11 bits per heavy atom. The maximum Gasteiger partial charge on any atom is 0.427 e. The molecule has 4 heteroatoms. The minimum absolute atomic E-state index is 0.122. The van der Waals surface area contributed by atoms with Gasteiger partial charge in [0.1, 0.15) is 0 Å². The molecule has 0 N–H and O–H groups in total. The SMILES string of the molecule is CCCCCCCCC1CCC(c2ccc3c(c2)C(F)(F)Oc2c-3ccc(CCCCCCC)c2F)CC1. The Morgan fingerprint density at radius 1 is 0.763 bits per heavy atom. The van der Waals surface area contributed by atoms with Gasteiger partial charge in [-0.25, -0.2) is 4.39 Å². The normalized spacial score (nSPS) is 20.0. The van der Waals surface area contributed by atoms with Crippen molar-refractivity contribution in [3.8, 4) is 16.9 Å². The number of hydrogen-bond acceptors (Lipinski definition) is 1. The summed E-state index contributed by atoms with van der Waals surface area (Å²) in [5, 5.41) is 0. The highest BCUT2D eigenvalue weighted by Crippen LogP contribution is 2.50. The molecule has 1 heterocycles. The van der Waals surface area contributed by atoms with E-state index in [4.69, 9.17) is 4.74 Å². The van der Waals surface area contributed by atoms with Crippen molar-refractivity contribution >= 4 is 0 Å². The Balaban J connectivity index is 1.39. The van der Waals surface area contributed by atoms with Gasteiger partial charge in [0.2, 0.25) is 0 Å². The predicted octanol–water partition coefficient (Wildman–Crippen LogP) is 11.5. The number of aryl methyl sites for hydroxylation is 1. The van der Waals surface area contributed by atoms with E-state index in [1.807, 2.05) is 6.07 Å². The van der Waals surface area contributed by atoms with Gasteiger partial charge in [-0.1, -0.05) is 109 Å². The Labute approximate surface area is 228 Å². The number of halogens is 3. The van der Waals surface area contributed by atoms with Gasteiger partial charge in [-0.05, 0) is 73.1 Å². The second-order valence-corrected chi connectivity index (χ2v) is 11.8. The van der Waals surface area contributed by atoms with Gasteiger partial charge >= 0.3 is 6.11 Å². The van der Waals surface area contributed by atoms with Gasteiger partial charge in [0, 0.05) is 5.56 Å². The molecule has 2 aliphatic rings. The van der Waals surface area contributed by atoms with Gasteiger partial charge in [-0.15, -0.1) is 0 Å². The first kappa shape index (κ1) is 29.0. The molecule has 4 rings (SSSR count). The zero-order valence-electron chi connectivity index (χ0n) is 23.6. The van der Waals surface area contributed by atoms with Gasteiger partial charge in [0.25, 0.3) is 0 Å². The average molecular weight is 529 g/mol. The van der Waals surface area contributed by atoms with Crippen LogP contribution in [0.5, 0.6) is 5.75 Å². The molecule has 210 valence electrons. The van der Waals surface area contributed by atoms with Crippen LogP contribution in [0.15, 0.2) is 30.3 Å². The van der Waals surface area contributed by atoms with E-state index >= 15 is 13.2 Å². The zero-order chi connectivity index (χ0) is 27.0. The van der Waals surface area contributed by atoms with Crippen LogP contribution < -0.4 is 4.74 Å². The predicted molar refractivity (Wildman–Crippen MR) is 152 cm³/mol. The third-order valence-corrected chi connectivity index (χ3v) is 8.89. The first-order valence-electron chi connectivity index (χ1n) is 15.5. The topological polar surface area (TPSA) is 9.23 Å². The van der Waals surface area contributed by atoms with Gasteiger partial charge < -0.3 is 4.74 Å². The number of benzene rings is 2. The molecular formula is C34H47F3O. The molecule has 1 aliphatic heterocycles. The van der Waals surface area contributed by atoms with E-state index in [0.717, 1.165) is 50.0 Å². The lowest BCUT2D eigenvalue weighted by molar-refractivity contribution is -0.188. The lowest BCUT2D eigenvalue weighted by Gasteiger charge is -2.32. The molecule has 0 aromatic heterocycles. The third-order valence-electron chi connectivity index (χ3n) is 8.89. The summed E-state index contributed by atoms with van der Waals surface area (Å²) in [6, 6.07) is 8.91. The number of hydrogen-bond donors (Lipinski definition) is 0. The summed E-state index contributed by atoms with van der Waals surface area (Å²) in [6.07, 6.45) is 16.1. The molecule has 1 saturated carbocycles. The fourth-order valence-corrected chi connectivity index (χ4v) is 6.49. The van der Waals surface area contributed by atoms with Crippen LogP contribution in [0.2, 0.25) is 0 Å². The lowest BCUT2D eigenvalue weighted by atomic mass is 9.76. The first-order chi connectivity index (χ1) is 18.4. The molecular weight excluding hydrogens is 481 g/mol. The molecule has 0 saturated heterocycles. The number of ether oxygens (including phenoxy) is 1. The molecule has 1 nitrogen and oxygen atoms in total. The van der Waals surface area contributed by atoms with Crippen LogP contribution in [0.4, 0.5) is 13.2 Å². The molecule has 0 spiro atoms. The van der Waals surface area contributed by atoms with Crippen molar-refractivity contribution in [2.45, 2.75) is 135 Å². The molecule has 38 heavy (non-hydrogen) atoms.